The van der Waals surface area contributed by atoms with E-state index in [-0.39, 0.29) is 16.9 Å². The molecule has 1 N–H and O–H groups in total. The lowest BCUT2D eigenvalue weighted by atomic mass is 10.0. The Morgan fingerprint density at radius 2 is 2.00 bits per heavy atom. The summed E-state index contributed by atoms with van der Waals surface area (Å²) in [5.41, 5.74) is 0.907. The van der Waals surface area contributed by atoms with Gasteiger partial charge >= 0.3 is 0 Å². The summed E-state index contributed by atoms with van der Waals surface area (Å²) in [6, 6.07) is 8.86. The second kappa shape index (κ2) is 7.20. The number of carbonyl (C=O) groups excluding carboxylic acids is 1. The fraction of sp³-hybridized carbons (Fsp3) is 0.467. The summed E-state index contributed by atoms with van der Waals surface area (Å²) in [6.07, 6.45) is 5.32. The van der Waals surface area contributed by atoms with Crippen LogP contribution in [0.5, 0.6) is 0 Å². The maximum Gasteiger partial charge on any atom is 0.237 e. The third-order valence-electron chi connectivity index (χ3n) is 3.52. The highest BCUT2D eigenvalue weighted by Gasteiger charge is 2.22. The van der Waals surface area contributed by atoms with Crippen molar-refractivity contribution in [3.8, 4) is 6.07 Å². The first-order valence-corrected chi connectivity index (χ1v) is 8.25. The predicted molar refractivity (Wildman–Crippen MR) is 79.7 cm³/mol. The van der Waals surface area contributed by atoms with Crippen LogP contribution in [0, 0.1) is 11.3 Å². The fourth-order valence-electron chi connectivity index (χ4n) is 2.45. The van der Waals surface area contributed by atoms with Gasteiger partial charge < -0.3 is 5.32 Å². The molecule has 1 saturated carbocycles. The Morgan fingerprint density at radius 1 is 1.30 bits per heavy atom. The normalized spacial score (nSPS) is 17.1. The van der Waals surface area contributed by atoms with E-state index in [0.29, 0.717) is 11.3 Å². The molecule has 0 aliphatic heterocycles. The van der Waals surface area contributed by atoms with E-state index < -0.39 is 10.8 Å². The quantitative estimate of drug-likeness (QED) is 0.926. The lowest BCUT2D eigenvalue weighted by Gasteiger charge is -2.20. The smallest absolute Gasteiger partial charge is 0.237 e. The van der Waals surface area contributed by atoms with E-state index in [1.165, 1.54) is 6.42 Å². The Bertz CT molecular complexity index is 545. The topological polar surface area (TPSA) is 70.0 Å². The van der Waals surface area contributed by atoms with E-state index in [1.54, 1.807) is 24.3 Å². The molecule has 0 spiro atoms. The number of nitrogens with one attached hydrogen (secondary N) is 1. The molecule has 0 heterocycles. The van der Waals surface area contributed by atoms with Crippen LogP contribution in [0.25, 0.3) is 0 Å². The zero-order valence-corrected chi connectivity index (χ0v) is 12.1. The van der Waals surface area contributed by atoms with Crippen LogP contribution in [0.4, 0.5) is 5.69 Å². The number of amides is 1. The molecule has 106 valence electrons. The first-order valence-electron chi connectivity index (χ1n) is 6.87. The number of nitriles is 1. The highest BCUT2D eigenvalue weighted by atomic mass is 32.2. The molecule has 1 aliphatic rings. The second-order valence-electron chi connectivity index (χ2n) is 4.99. The minimum atomic E-state index is -1.11. The van der Waals surface area contributed by atoms with Crippen LogP contribution < -0.4 is 5.32 Å². The highest BCUT2D eigenvalue weighted by Crippen LogP contribution is 2.22. The standard InChI is InChI=1S/C15H18N2O2S/c16-10-12-6-4-5-9-14(12)17-15(18)11-20(19)13-7-2-1-3-8-13/h4-6,9,13H,1-3,7-8,11H2,(H,17,18). The van der Waals surface area contributed by atoms with Gasteiger partial charge in [-0.2, -0.15) is 5.26 Å². The molecule has 1 fully saturated rings. The van der Waals surface area contributed by atoms with Gasteiger partial charge in [-0.05, 0) is 25.0 Å². The SMILES string of the molecule is N#Cc1ccccc1NC(=O)CS(=O)C1CCCCC1. The molecule has 1 aliphatic carbocycles. The number of carbonyl (C=O) groups is 1. The van der Waals surface area contributed by atoms with Crippen LogP contribution in [0.2, 0.25) is 0 Å². The molecule has 1 unspecified atom stereocenters. The molecule has 0 radical (unpaired) electrons. The molecule has 4 nitrogen and oxygen atoms in total. The van der Waals surface area contributed by atoms with Crippen molar-refractivity contribution in [2.45, 2.75) is 37.4 Å². The zero-order valence-electron chi connectivity index (χ0n) is 11.3. The molecular formula is C15H18N2O2S. The predicted octanol–water partition coefficient (Wildman–Crippen LogP) is 2.58. The molecule has 5 heteroatoms. The number of hydrogen-bond acceptors (Lipinski definition) is 3. The Balaban J connectivity index is 1.92. The van der Waals surface area contributed by atoms with Gasteiger partial charge in [-0.15, -0.1) is 0 Å². The zero-order chi connectivity index (χ0) is 14.4. The summed E-state index contributed by atoms with van der Waals surface area (Å²) < 4.78 is 12.1. The van der Waals surface area contributed by atoms with Crippen LogP contribution in [0.3, 0.4) is 0 Å². The molecule has 20 heavy (non-hydrogen) atoms. The van der Waals surface area contributed by atoms with Gasteiger partial charge in [0.25, 0.3) is 0 Å². The summed E-state index contributed by atoms with van der Waals surface area (Å²) in [6.45, 7) is 0. The average molecular weight is 290 g/mol. The number of hydrogen-bond donors (Lipinski definition) is 1. The van der Waals surface area contributed by atoms with E-state index in [0.717, 1.165) is 25.7 Å². The maximum absolute atomic E-state index is 12.1. The third kappa shape index (κ3) is 3.91. The van der Waals surface area contributed by atoms with Gasteiger partial charge in [-0.25, -0.2) is 0 Å². The number of benzene rings is 1. The summed E-state index contributed by atoms with van der Waals surface area (Å²) in [4.78, 5) is 11.9. The summed E-state index contributed by atoms with van der Waals surface area (Å²) in [7, 11) is -1.11. The third-order valence-corrected chi connectivity index (χ3v) is 5.28. The Hall–Kier alpha value is -1.67. The first kappa shape index (κ1) is 14.7. The largest absolute Gasteiger partial charge is 0.324 e. The number of rotatable bonds is 4. The minimum Gasteiger partial charge on any atom is -0.324 e. The van der Waals surface area contributed by atoms with E-state index in [4.69, 9.17) is 5.26 Å². The minimum absolute atomic E-state index is 0.0183. The maximum atomic E-state index is 12.1. The van der Waals surface area contributed by atoms with Gasteiger partial charge in [0.2, 0.25) is 5.91 Å². The molecule has 1 atom stereocenters. The lowest BCUT2D eigenvalue weighted by molar-refractivity contribution is -0.113. The monoisotopic (exact) mass is 290 g/mol. The van der Waals surface area contributed by atoms with Gasteiger partial charge in [-0.3, -0.25) is 9.00 Å². The molecule has 0 bridgehead atoms. The number of anilines is 1. The summed E-state index contributed by atoms with van der Waals surface area (Å²) in [5.74, 6) is -0.263. The van der Waals surface area contributed by atoms with Gasteiger partial charge in [0.05, 0.1) is 11.3 Å². The summed E-state index contributed by atoms with van der Waals surface area (Å²) >= 11 is 0. The number of nitrogens with zero attached hydrogens (tertiary/aromatic N) is 1. The Morgan fingerprint density at radius 3 is 2.70 bits per heavy atom. The second-order valence-corrected chi connectivity index (χ2v) is 6.71. The van der Waals surface area contributed by atoms with Crippen LogP contribution in [-0.2, 0) is 15.6 Å². The van der Waals surface area contributed by atoms with E-state index >= 15 is 0 Å². The van der Waals surface area contributed by atoms with E-state index in [1.807, 2.05) is 6.07 Å². The molecule has 0 aromatic heterocycles. The Labute approximate surface area is 121 Å². The van der Waals surface area contributed by atoms with Crippen molar-refractivity contribution in [2.24, 2.45) is 0 Å². The van der Waals surface area contributed by atoms with Crippen molar-refractivity contribution < 1.29 is 9.00 Å². The van der Waals surface area contributed by atoms with Crippen LogP contribution in [0.15, 0.2) is 24.3 Å². The van der Waals surface area contributed by atoms with Gasteiger partial charge in [0, 0.05) is 16.0 Å². The van der Waals surface area contributed by atoms with Crippen molar-refractivity contribution in [2.75, 3.05) is 11.1 Å². The number of para-hydroxylation sites is 1. The molecule has 1 aromatic rings. The molecular weight excluding hydrogens is 272 g/mol. The van der Waals surface area contributed by atoms with Crippen molar-refractivity contribution in [3.05, 3.63) is 29.8 Å². The summed E-state index contributed by atoms with van der Waals surface area (Å²) in [5, 5.41) is 11.8. The first-order chi connectivity index (χ1) is 9.70. The van der Waals surface area contributed by atoms with Crippen LogP contribution >= 0.6 is 0 Å². The van der Waals surface area contributed by atoms with Crippen molar-refractivity contribution in [3.63, 3.8) is 0 Å². The fourth-order valence-corrected chi connectivity index (χ4v) is 3.88. The average Bonchev–Trinajstić information content (AvgIpc) is 2.48. The molecule has 2 rings (SSSR count). The van der Waals surface area contributed by atoms with Crippen LogP contribution in [0.1, 0.15) is 37.7 Å². The highest BCUT2D eigenvalue weighted by molar-refractivity contribution is 7.86. The van der Waals surface area contributed by atoms with Crippen molar-refractivity contribution >= 4 is 22.4 Å². The molecule has 0 saturated heterocycles. The Kier molecular flexibility index (Phi) is 5.31. The van der Waals surface area contributed by atoms with Gasteiger partial charge in [-0.1, -0.05) is 31.4 Å². The van der Waals surface area contributed by atoms with Crippen LogP contribution in [-0.4, -0.2) is 21.1 Å². The van der Waals surface area contributed by atoms with Gasteiger partial charge in [0.1, 0.15) is 11.8 Å². The van der Waals surface area contributed by atoms with Crippen molar-refractivity contribution in [1.82, 2.24) is 0 Å². The van der Waals surface area contributed by atoms with E-state index in [2.05, 4.69) is 5.32 Å². The van der Waals surface area contributed by atoms with Gasteiger partial charge in [0.15, 0.2) is 0 Å². The lowest BCUT2D eigenvalue weighted by Crippen LogP contribution is -2.27. The van der Waals surface area contributed by atoms with E-state index in [9.17, 15) is 9.00 Å². The molecule has 1 aromatic carbocycles. The molecule has 1 amide bonds. The van der Waals surface area contributed by atoms with Crippen molar-refractivity contribution in [1.29, 1.82) is 5.26 Å².